The second-order valence-electron chi connectivity index (χ2n) is 6.34. The minimum Gasteiger partial charge on any atom is -0.349 e. The molecule has 1 saturated heterocycles. The number of likely N-dealkylation sites (tertiary alicyclic amines) is 1. The van der Waals surface area contributed by atoms with Crippen LogP contribution in [0.4, 0.5) is 0 Å². The molecular formula is C18H23N3O2. The second kappa shape index (κ2) is 7.40. The number of carbonyl (C=O) groups excluding carboxylic acids is 2. The molecule has 5 heteroatoms. The third kappa shape index (κ3) is 4.18. The first kappa shape index (κ1) is 15.7. The average molecular weight is 313 g/mol. The van der Waals surface area contributed by atoms with Gasteiger partial charge in [-0.15, -0.1) is 0 Å². The molecule has 1 atom stereocenters. The number of amides is 2. The number of carbonyl (C=O) groups is 2. The van der Waals surface area contributed by atoms with Crippen molar-refractivity contribution in [2.75, 3.05) is 13.1 Å². The predicted molar refractivity (Wildman–Crippen MR) is 87.8 cm³/mol. The molecule has 2 heterocycles. The predicted octanol–water partition coefficient (Wildman–Crippen LogP) is 2.16. The zero-order valence-corrected chi connectivity index (χ0v) is 13.3. The fraction of sp³-hybridized carbons (Fsp3) is 0.500. The lowest BCUT2D eigenvalue weighted by molar-refractivity contribution is -0.132. The number of rotatable bonds is 4. The van der Waals surface area contributed by atoms with Crippen molar-refractivity contribution in [3.05, 3.63) is 42.2 Å². The maximum absolute atomic E-state index is 12.3. The molecule has 0 spiro atoms. The normalized spacial score (nSPS) is 21.4. The first-order valence-corrected chi connectivity index (χ1v) is 8.37. The van der Waals surface area contributed by atoms with Crippen LogP contribution in [0.5, 0.6) is 0 Å². The van der Waals surface area contributed by atoms with Gasteiger partial charge in [-0.2, -0.15) is 0 Å². The first-order chi connectivity index (χ1) is 11.2. The second-order valence-corrected chi connectivity index (χ2v) is 6.34. The van der Waals surface area contributed by atoms with Crippen LogP contribution in [-0.4, -0.2) is 40.8 Å². The molecule has 0 bridgehead atoms. The van der Waals surface area contributed by atoms with Gasteiger partial charge in [0.1, 0.15) is 0 Å². The zero-order chi connectivity index (χ0) is 16.1. The summed E-state index contributed by atoms with van der Waals surface area (Å²) in [5.74, 6) is 0.586. The van der Waals surface area contributed by atoms with Crippen LogP contribution < -0.4 is 5.32 Å². The van der Waals surface area contributed by atoms with Gasteiger partial charge in [0, 0.05) is 37.9 Å². The van der Waals surface area contributed by atoms with Gasteiger partial charge in [0.15, 0.2) is 0 Å². The van der Waals surface area contributed by atoms with E-state index in [2.05, 4.69) is 22.5 Å². The molecule has 1 aromatic rings. The van der Waals surface area contributed by atoms with E-state index < -0.39 is 0 Å². The minimum atomic E-state index is -0.0843. The Hall–Kier alpha value is -2.17. The van der Waals surface area contributed by atoms with Crippen molar-refractivity contribution in [2.24, 2.45) is 5.92 Å². The SMILES string of the molecule is O=C(NC1CCN(C(=O)C[C@@H]2C=CCC2)CC1)c1cccnc1. The van der Waals surface area contributed by atoms with Crippen LogP contribution in [0.3, 0.4) is 0 Å². The van der Waals surface area contributed by atoms with Gasteiger partial charge >= 0.3 is 0 Å². The van der Waals surface area contributed by atoms with Gasteiger partial charge in [-0.05, 0) is 43.7 Å². The molecule has 1 aliphatic carbocycles. The summed E-state index contributed by atoms with van der Waals surface area (Å²) in [6.45, 7) is 1.46. The lowest BCUT2D eigenvalue weighted by Crippen LogP contribution is -2.46. The number of hydrogen-bond acceptors (Lipinski definition) is 3. The van der Waals surface area contributed by atoms with Crippen molar-refractivity contribution in [3.8, 4) is 0 Å². The highest BCUT2D eigenvalue weighted by atomic mass is 16.2. The van der Waals surface area contributed by atoms with E-state index in [0.29, 0.717) is 17.9 Å². The van der Waals surface area contributed by atoms with Gasteiger partial charge in [0.25, 0.3) is 5.91 Å². The maximum atomic E-state index is 12.3. The van der Waals surface area contributed by atoms with Gasteiger partial charge in [0.2, 0.25) is 5.91 Å². The van der Waals surface area contributed by atoms with Gasteiger partial charge < -0.3 is 10.2 Å². The molecule has 23 heavy (non-hydrogen) atoms. The molecule has 0 unspecified atom stereocenters. The molecular weight excluding hydrogens is 290 g/mol. The Morgan fingerprint density at radius 2 is 2.09 bits per heavy atom. The van der Waals surface area contributed by atoms with E-state index in [1.165, 1.54) is 0 Å². The molecule has 1 aliphatic heterocycles. The topological polar surface area (TPSA) is 62.3 Å². The molecule has 1 aromatic heterocycles. The molecule has 5 nitrogen and oxygen atoms in total. The van der Waals surface area contributed by atoms with Crippen LogP contribution in [0.15, 0.2) is 36.7 Å². The number of piperidine rings is 1. The van der Waals surface area contributed by atoms with Crippen molar-refractivity contribution < 1.29 is 9.59 Å². The highest BCUT2D eigenvalue weighted by Crippen LogP contribution is 2.22. The zero-order valence-electron chi connectivity index (χ0n) is 13.3. The van der Waals surface area contributed by atoms with Crippen molar-refractivity contribution in [3.63, 3.8) is 0 Å². The van der Waals surface area contributed by atoms with Crippen LogP contribution in [0.1, 0.15) is 42.5 Å². The van der Waals surface area contributed by atoms with Crippen molar-refractivity contribution in [2.45, 2.75) is 38.1 Å². The lowest BCUT2D eigenvalue weighted by atomic mass is 10.0. The molecule has 2 aliphatic rings. The Bertz CT molecular complexity index is 577. The lowest BCUT2D eigenvalue weighted by Gasteiger charge is -2.33. The quantitative estimate of drug-likeness (QED) is 0.867. The Morgan fingerprint density at radius 1 is 1.26 bits per heavy atom. The molecule has 0 saturated carbocycles. The third-order valence-electron chi connectivity index (χ3n) is 4.66. The largest absolute Gasteiger partial charge is 0.349 e. The molecule has 0 aromatic carbocycles. The number of nitrogens with one attached hydrogen (secondary N) is 1. The summed E-state index contributed by atoms with van der Waals surface area (Å²) in [6.07, 6.45) is 12.0. The van der Waals surface area contributed by atoms with Crippen molar-refractivity contribution in [1.29, 1.82) is 0 Å². The fourth-order valence-electron chi connectivity index (χ4n) is 3.26. The van der Waals surface area contributed by atoms with E-state index in [1.807, 2.05) is 4.90 Å². The smallest absolute Gasteiger partial charge is 0.253 e. The van der Waals surface area contributed by atoms with Crippen LogP contribution >= 0.6 is 0 Å². The Balaban J connectivity index is 1.44. The summed E-state index contributed by atoms with van der Waals surface area (Å²) in [4.78, 5) is 30.3. The number of allylic oxidation sites excluding steroid dienone is 2. The van der Waals surface area contributed by atoms with Crippen LogP contribution in [0.2, 0.25) is 0 Å². The summed E-state index contributed by atoms with van der Waals surface area (Å²) in [7, 11) is 0. The number of aromatic nitrogens is 1. The van der Waals surface area contributed by atoms with Gasteiger partial charge in [-0.3, -0.25) is 14.6 Å². The molecule has 3 rings (SSSR count). The number of nitrogens with zero attached hydrogens (tertiary/aromatic N) is 2. The van der Waals surface area contributed by atoms with Crippen LogP contribution in [-0.2, 0) is 4.79 Å². The van der Waals surface area contributed by atoms with Crippen molar-refractivity contribution >= 4 is 11.8 Å². The Labute approximate surface area is 136 Å². The summed E-state index contributed by atoms with van der Waals surface area (Å²) in [6, 6.07) is 3.65. The van der Waals surface area contributed by atoms with Crippen molar-refractivity contribution in [1.82, 2.24) is 15.2 Å². The van der Waals surface area contributed by atoms with E-state index in [1.54, 1.807) is 24.5 Å². The molecule has 1 fully saturated rings. The minimum absolute atomic E-state index is 0.0843. The third-order valence-corrected chi connectivity index (χ3v) is 4.66. The number of hydrogen-bond donors (Lipinski definition) is 1. The molecule has 0 radical (unpaired) electrons. The van der Waals surface area contributed by atoms with E-state index in [-0.39, 0.29) is 17.9 Å². The molecule has 1 N–H and O–H groups in total. The highest BCUT2D eigenvalue weighted by Gasteiger charge is 2.25. The Morgan fingerprint density at radius 3 is 2.74 bits per heavy atom. The molecule has 122 valence electrons. The summed E-state index contributed by atoms with van der Waals surface area (Å²) in [5, 5.41) is 3.04. The number of pyridine rings is 1. The van der Waals surface area contributed by atoms with E-state index in [4.69, 9.17) is 0 Å². The Kier molecular flexibility index (Phi) is 5.05. The van der Waals surface area contributed by atoms with Crippen LogP contribution in [0.25, 0.3) is 0 Å². The van der Waals surface area contributed by atoms with Gasteiger partial charge in [0.05, 0.1) is 5.56 Å². The van der Waals surface area contributed by atoms with E-state index in [0.717, 1.165) is 38.8 Å². The monoisotopic (exact) mass is 313 g/mol. The summed E-state index contributed by atoms with van der Waals surface area (Å²) < 4.78 is 0. The van der Waals surface area contributed by atoms with Crippen LogP contribution in [0, 0.1) is 5.92 Å². The summed E-state index contributed by atoms with van der Waals surface area (Å²) in [5.41, 5.74) is 0.582. The highest BCUT2D eigenvalue weighted by molar-refractivity contribution is 5.94. The average Bonchev–Trinajstić information content (AvgIpc) is 3.09. The molecule has 2 amide bonds. The first-order valence-electron chi connectivity index (χ1n) is 8.37. The van der Waals surface area contributed by atoms with Gasteiger partial charge in [-0.1, -0.05) is 12.2 Å². The van der Waals surface area contributed by atoms with Gasteiger partial charge in [-0.25, -0.2) is 0 Å². The summed E-state index contributed by atoms with van der Waals surface area (Å²) >= 11 is 0. The standard InChI is InChI=1S/C18H23N3O2/c22-17(12-14-4-1-2-5-14)21-10-7-16(8-11-21)20-18(23)15-6-3-9-19-13-15/h1,3-4,6,9,13-14,16H,2,5,7-8,10-12H2,(H,20,23)/t14-/m1/s1. The van der Waals surface area contributed by atoms with E-state index in [9.17, 15) is 9.59 Å². The van der Waals surface area contributed by atoms with E-state index >= 15 is 0 Å². The fourth-order valence-corrected chi connectivity index (χ4v) is 3.26. The maximum Gasteiger partial charge on any atom is 0.253 e.